The van der Waals surface area contributed by atoms with E-state index in [0.717, 1.165) is 5.56 Å². The van der Waals surface area contributed by atoms with Crippen LogP contribution < -0.4 is 10.5 Å². The Morgan fingerprint density at radius 1 is 1.10 bits per heavy atom. The average molecular weight is 307 g/mol. The molecule has 0 fully saturated rings. The standard InChI is InChI=1S/C14H20F3NO3/c1-19-8-9-20-7-6-12(18)10-11-2-4-13(5-3-11)21-14(15,16)17/h2-5,12H,6-10,18H2,1H3. The van der Waals surface area contributed by atoms with Crippen molar-refractivity contribution in [2.24, 2.45) is 5.73 Å². The largest absolute Gasteiger partial charge is 0.573 e. The first-order valence-corrected chi connectivity index (χ1v) is 6.57. The van der Waals surface area contributed by atoms with Crippen molar-refractivity contribution >= 4 is 0 Å². The van der Waals surface area contributed by atoms with Crippen LogP contribution in [-0.4, -0.2) is 39.3 Å². The van der Waals surface area contributed by atoms with Crippen LogP contribution in [0.4, 0.5) is 13.2 Å². The Labute approximate surface area is 122 Å². The molecule has 1 aromatic carbocycles. The van der Waals surface area contributed by atoms with Crippen molar-refractivity contribution in [2.75, 3.05) is 26.9 Å². The number of benzene rings is 1. The lowest BCUT2D eigenvalue weighted by molar-refractivity contribution is -0.274. The summed E-state index contributed by atoms with van der Waals surface area (Å²) in [6.45, 7) is 1.59. The van der Waals surface area contributed by atoms with E-state index in [-0.39, 0.29) is 11.8 Å². The fourth-order valence-electron chi connectivity index (χ4n) is 1.71. The van der Waals surface area contributed by atoms with Crippen LogP contribution in [0.5, 0.6) is 5.75 Å². The van der Waals surface area contributed by atoms with E-state index in [1.54, 1.807) is 19.2 Å². The van der Waals surface area contributed by atoms with Crippen LogP contribution in [0.2, 0.25) is 0 Å². The summed E-state index contributed by atoms with van der Waals surface area (Å²) in [5.74, 6) is -0.234. The second-order valence-corrected chi connectivity index (χ2v) is 4.55. The normalized spacial score (nSPS) is 13.2. The van der Waals surface area contributed by atoms with Crippen molar-refractivity contribution in [3.63, 3.8) is 0 Å². The lowest BCUT2D eigenvalue weighted by Gasteiger charge is -2.13. The molecular formula is C14H20F3NO3. The SMILES string of the molecule is COCCOCCC(N)Cc1ccc(OC(F)(F)F)cc1. The highest BCUT2D eigenvalue weighted by Gasteiger charge is 2.30. The van der Waals surface area contributed by atoms with Crippen molar-refractivity contribution < 1.29 is 27.4 Å². The van der Waals surface area contributed by atoms with Crippen molar-refractivity contribution in [3.05, 3.63) is 29.8 Å². The van der Waals surface area contributed by atoms with Crippen LogP contribution in [0.15, 0.2) is 24.3 Å². The zero-order valence-corrected chi connectivity index (χ0v) is 11.9. The highest BCUT2D eigenvalue weighted by Crippen LogP contribution is 2.23. The predicted octanol–water partition coefficient (Wildman–Crippen LogP) is 2.51. The van der Waals surface area contributed by atoms with Gasteiger partial charge in [-0.1, -0.05) is 12.1 Å². The molecule has 1 rings (SSSR count). The summed E-state index contributed by atoms with van der Waals surface area (Å²) in [7, 11) is 1.60. The zero-order valence-electron chi connectivity index (χ0n) is 11.9. The molecule has 0 aliphatic carbocycles. The maximum absolute atomic E-state index is 12.0. The van der Waals surface area contributed by atoms with Gasteiger partial charge in [0, 0.05) is 19.8 Å². The Balaban J connectivity index is 2.31. The smallest absolute Gasteiger partial charge is 0.406 e. The molecule has 0 aliphatic rings. The Morgan fingerprint density at radius 2 is 1.76 bits per heavy atom. The van der Waals surface area contributed by atoms with Crippen LogP contribution in [0.1, 0.15) is 12.0 Å². The van der Waals surface area contributed by atoms with Gasteiger partial charge in [-0.2, -0.15) is 0 Å². The topological polar surface area (TPSA) is 53.7 Å². The van der Waals surface area contributed by atoms with Gasteiger partial charge in [0.1, 0.15) is 5.75 Å². The number of hydrogen-bond acceptors (Lipinski definition) is 4. The molecule has 2 N–H and O–H groups in total. The van der Waals surface area contributed by atoms with E-state index in [9.17, 15) is 13.2 Å². The fourth-order valence-corrected chi connectivity index (χ4v) is 1.71. The van der Waals surface area contributed by atoms with Gasteiger partial charge in [0.15, 0.2) is 0 Å². The van der Waals surface area contributed by atoms with E-state index in [4.69, 9.17) is 15.2 Å². The molecule has 1 atom stereocenters. The maximum atomic E-state index is 12.0. The van der Waals surface area contributed by atoms with Crippen molar-refractivity contribution in [2.45, 2.75) is 25.2 Å². The van der Waals surface area contributed by atoms with E-state index >= 15 is 0 Å². The first-order chi connectivity index (χ1) is 9.90. The van der Waals surface area contributed by atoms with Crippen LogP contribution >= 0.6 is 0 Å². The van der Waals surface area contributed by atoms with Gasteiger partial charge in [-0.25, -0.2) is 0 Å². The van der Waals surface area contributed by atoms with E-state index < -0.39 is 6.36 Å². The molecule has 4 nitrogen and oxygen atoms in total. The van der Waals surface area contributed by atoms with Gasteiger partial charge in [-0.15, -0.1) is 13.2 Å². The fraction of sp³-hybridized carbons (Fsp3) is 0.571. The van der Waals surface area contributed by atoms with Gasteiger partial charge in [0.05, 0.1) is 13.2 Å². The number of halogens is 3. The summed E-state index contributed by atoms with van der Waals surface area (Å²) in [6, 6.07) is 5.61. The third-order valence-electron chi connectivity index (χ3n) is 2.72. The molecule has 1 unspecified atom stereocenters. The summed E-state index contributed by atoms with van der Waals surface area (Å²) >= 11 is 0. The molecule has 120 valence electrons. The quantitative estimate of drug-likeness (QED) is 0.712. The van der Waals surface area contributed by atoms with Gasteiger partial charge in [0.2, 0.25) is 0 Å². The molecular weight excluding hydrogens is 287 g/mol. The summed E-state index contributed by atoms with van der Waals surface area (Å²) in [6.07, 6.45) is -3.43. The molecule has 0 amide bonds. The highest BCUT2D eigenvalue weighted by atomic mass is 19.4. The molecule has 21 heavy (non-hydrogen) atoms. The molecule has 0 aromatic heterocycles. The number of nitrogens with two attached hydrogens (primary N) is 1. The Kier molecular flexibility index (Phi) is 7.49. The zero-order chi connectivity index (χ0) is 15.7. The van der Waals surface area contributed by atoms with Crippen molar-refractivity contribution in [1.29, 1.82) is 0 Å². The van der Waals surface area contributed by atoms with Crippen LogP contribution in [0.25, 0.3) is 0 Å². The van der Waals surface area contributed by atoms with Crippen LogP contribution in [0.3, 0.4) is 0 Å². The monoisotopic (exact) mass is 307 g/mol. The summed E-state index contributed by atoms with van der Waals surface area (Å²) < 4.78 is 50.0. The molecule has 1 aromatic rings. The number of alkyl halides is 3. The molecule has 0 spiro atoms. The first kappa shape index (κ1) is 17.7. The summed E-state index contributed by atoms with van der Waals surface area (Å²) in [5.41, 5.74) is 6.79. The molecule has 0 radical (unpaired) electrons. The molecule has 0 heterocycles. The van der Waals surface area contributed by atoms with E-state index in [1.807, 2.05) is 0 Å². The van der Waals surface area contributed by atoms with Crippen molar-refractivity contribution in [3.8, 4) is 5.75 Å². The van der Waals surface area contributed by atoms with E-state index in [1.165, 1.54) is 12.1 Å². The molecule has 0 saturated heterocycles. The second-order valence-electron chi connectivity index (χ2n) is 4.55. The summed E-state index contributed by atoms with van der Waals surface area (Å²) in [4.78, 5) is 0. The van der Waals surface area contributed by atoms with Crippen LogP contribution in [-0.2, 0) is 15.9 Å². The van der Waals surface area contributed by atoms with Gasteiger partial charge >= 0.3 is 6.36 Å². The minimum atomic E-state index is -4.67. The third kappa shape index (κ3) is 8.54. The van der Waals surface area contributed by atoms with Gasteiger partial charge in [0.25, 0.3) is 0 Å². The highest BCUT2D eigenvalue weighted by molar-refractivity contribution is 5.27. The first-order valence-electron chi connectivity index (χ1n) is 6.57. The lowest BCUT2D eigenvalue weighted by atomic mass is 10.0. The second kappa shape index (κ2) is 8.86. The number of rotatable bonds is 9. The number of methoxy groups -OCH3 is 1. The minimum Gasteiger partial charge on any atom is -0.406 e. The Morgan fingerprint density at radius 3 is 2.33 bits per heavy atom. The number of ether oxygens (including phenoxy) is 3. The Hall–Kier alpha value is -1.31. The molecule has 0 aliphatic heterocycles. The predicted molar refractivity (Wildman–Crippen MR) is 72.1 cm³/mol. The third-order valence-corrected chi connectivity index (χ3v) is 2.72. The minimum absolute atomic E-state index is 0.109. The lowest BCUT2D eigenvalue weighted by Crippen LogP contribution is -2.25. The molecule has 0 bridgehead atoms. The molecule has 0 saturated carbocycles. The van der Waals surface area contributed by atoms with Gasteiger partial charge in [-0.3, -0.25) is 0 Å². The Bertz CT molecular complexity index is 395. The van der Waals surface area contributed by atoms with Crippen molar-refractivity contribution in [1.82, 2.24) is 0 Å². The van der Waals surface area contributed by atoms with E-state index in [2.05, 4.69) is 4.74 Å². The van der Waals surface area contributed by atoms with E-state index in [0.29, 0.717) is 32.7 Å². The van der Waals surface area contributed by atoms with Crippen LogP contribution in [0, 0.1) is 0 Å². The summed E-state index contributed by atoms with van der Waals surface area (Å²) in [5, 5.41) is 0. The number of hydrogen-bond donors (Lipinski definition) is 1. The van der Waals surface area contributed by atoms with Gasteiger partial charge < -0.3 is 19.9 Å². The maximum Gasteiger partial charge on any atom is 0.573 e. The molecule has 7 heteroatoms. The average Bonchev–Trinajstić information content (AvgIpc) is 2.39. The van der Waals surface area contributed by atoms with Gasteiger partial charge in [-0.05, 0) is 30.5 Å².